The Labute approximate surface area is 127 Å². The van der Waals surface area contributed by atoms with Crippen LogP contribution < -0.4 is 16.0 Å². The van der Waals surface area contributed by atoms with Gasteiger partial charge in [0.15, 0.2) is 0 Å². The van der Waals surface area contributed by atoms with Crippen LogP contribution in [0.3, 0.4) is 0 Å². The van der Waals surface area contributed by atoms with E-state index in [1.807, 2.05) is 6.07 Å². The van der Waals surface area contributed by atoms with E-state index >= 15 is 0 Å². The second-order valence-electron chi connectivity index (χ2n) is 5.18. The average molecular weight is 298 g/mol. The van der Waals surface area contributed by atoms with Crippen LogP contribution in [-0.4, -0.2) is 25.0 Å². The van der Waals surface area contributed by atoms with Gasteiger partial charge in [-0.3, -0.25) is 4.79 Å². The van der Waals surface area contributed by atoms with E-state index in [9.17, 15) is 4.79 Å². The van der Waals surface area contributed by atoms with Crippen LogP contribution in [0.2, 0.25) is 0 Å². The van der Waals surface area contributed by atoms with Crippen LogP contribution in [0.4, 0.5) is 5.69 Å². The number of piperidine rings is 1. The Balaban J connectivity index is 0.00000200. The van der Waals surface area contributed by atoms with E-state index in [2.05, 4.69) is 28.4 Å². The van der Waals surface area contributed by atoms with Crippen molar-refractivity contribution in [2.24, 2.45) is 5.73 Å². The summed E-state index contributed by atoms with van der Waals surface area (Å²) in [5.74, 6) is -0.103. The second-order valence-corrected chi connectivity index (χ2v) is 5.18. The Bertz CT molecular complexity index is 431. The number of hydrogen-bond donors (Lipinski definition) is 2. The molecule has 5 heteroatoms. The number of rotatable bonds is 4. The first-order valence-electron chi connectivity index (χ1n) is 7.04. The topological polar surface area (TPSA) is 58.4 Å². The Kier molecular flexibility index (Phi) is 6.82. The predicted molar refractivity (Wildman–Crippen MR) is 85.3 cm³/mol. The maximum atomic E-state index is 11.6. The average Bonchev–Trinajstić information content (AvgIpc) is 2.46. The Morgan fingerprint density at radius 1 is 1.30 bits per heavy atom. The quantitative estimate of drug-likeness (QED) is 0.894. The largest absolute Gasteiger partial charge is 0.371 e. The summed E-state index contributed by atoms with van der Waals surface area (Å²) in [4.78, 5) is 14.0. The third-order valence-corrected chi connectivity index (χ3v) is 3.56. The van der Waals surface area contributed by atoms with E-state index in [4.69, 9.17) is 5.73 Å². The summed E-state index contributed by atoms with van der Waals surface area (Å²) in [5.41, 5.74) is 7.97. The number of amides is 1. The van der Waals surface area contributed by atoms with Crippen LogP contribution in [0, 0.1) is 0 Å². The molecule has 1 aliphatic heterocycles. The Morgan fingerprint density at radius 3 is 2.60 bits per heavy atom. The minimum atomic E-state index is -0.456. The molecule has 1 heterocycles. The highest BCUT2D eigenvalue weighted by molar-refractivity contribution is 5.85. The van der Waals surface area contributed by atoms with Gasteiger partial charge in [-0.25, -0.2) is 0 Å². The van der Waals surface area contributed by atoms with Crippen LogP contribution in [0.15, 0.2) is 24.3 Å². The van der Waals surface area contributed by atoms with Crippen LogP contribution in [0.1, 0.15) is 31.7 Å². The highest BCUT2D eigenvalue weighted by atomic mass is 35.5. The van der Waals surface area contributed by atoms with E-state index in [1.165, 1.54) is 30.5 Å². The molecule has 1 amide bonds. The molecule has 0 radical (unpaired) electrons. The SMILES string of the molecule is C[C@@H](N)C(=O)NCc1ccccc1N1CCCCC1.Cl. The Morgan fingerprint density at radius 2 is 1.95 bits per heavy atom. The molecular weight excluding hydrogens is 274 g/mol. The fraction of sp³-hybridized carbons (Fsp3) is 0.533. The number of hydrogen-bond acceptors (Lipinski definition) is 3. The monoisotopic (exact) mass is 297 g/mol. The van der Waals surface area contributed by atoms with E-state index < -0.39 is 6.04 Å². The van der Waals surface area contributed by atoms with Crippen LogP contribution in [0.25, 0.3) is 0 Å². The number of nitrogens with one attached hydrogen (secondary N) is 1. The highest BCUT2D eigenvalue weighted by Gasteiger charge is 2.14. The lowest BCUT2D eigenvalue weighted by molar-refractivity contribution is -0.122. The molecule has 0 bridgehead atoms. The van der Waals surface area contributed by atoms with E-state index in [0.717, 1.165) is 13.1 Å². The normalized spacial score (nSPS) is 16.2. The fourth-order valence-electron chi connectivity index (χ4n) is 2.45. The summed E-state index contributed by atoms with van der Waals surface area (Å²) in [5, 5.41) is 2.89. The van der Waals surface area contributed by atoms with Crippen molar-refractivity contribution in [1.82, 2.24) is 5.32 Å². The van der Waals surface area contributed by atoms with Crippen molar-refractivity contribution >= 4 is 24.0 Å². The van der Waals surface area contributed by atoms with Gasteiger partial charge in [-0.15, -0.1) is 12.4 Å². The van der Waals surface area contributed by atoms with E-state index in [0.29, 0.717) is 6.54 Å². The standard InChI is InChI=1S/C15H23N3O.ClH/c1-12(16)15(19)17-11-13-7-3-4-8-14(13)18-9-5-2-6-10-18;/h3-4,7-8,12H,2,5-6,9-11,16H2,1H3,(H,17,19);1H/t12-;/m1./s1. The van der Waals surface area contributed by atoms with Crippen molar-refractivity contribution in [2.75, 3.05) is 18.0 Å². The van der Waals surface area contributed by atoms with Crippen molar-refractivity contribution in [3.05, 3.63) is 29.8 Å². The third kappa shape index (κ3) is 4.39. The molecule has 20 heavy (non-hydrogen) atoms. The van der Waals surface area contributed by atoms with Crippen LogP contribution in [0.5, 0.6) is 0 Å². The minimum absolute atomic E-state index is 0. The van der Waals surface area contributed by atoms with Gasteiger partial charge in [0.05, 0.1) is 6.04 Å². The number of para-hydroxylation sites is 1. The summed E-state index contributed by atoms with van der Waals surface area (Å²) >= 11 is 0. The molecule has 1 aromatic rings. The zero-order valence-electron chi connectivity index (χ0n) is 12.0. The first-order chi connectivity index (χ1) is 9.18. The van der Waals surface area contributed by atoms with Crippen LogP contribution >= 0.6 is 12.4 Å². The number of nitrogens with zero attached hydrogens (tertiary/aromatic N) is 1. The third-order valence-electron chi connectivity index (χ3n) is 3.56. The Hall–Kier alpha value is -1.26. The van der Waals surface area contributed by atoms with E-state index in [-0.39, 0.29) is 18.3 Å². The van der Waals surface area contributed by atoms with Gasteiger partial charge in [-0.2, -0.15) is 0 Å². The molecule has 1 aromatic carbocycles. The summed E-state index contributed by atoms with van der Waals surface area (Å²) in [6.45, 7) is 4.47. The molecule has 0 aliphatic carbocycles. The van der Waals surface area contributed by atoms with Gasteiger partial charge in [-0.05, 0) is 37.8 Å². The lowest BCUT2D eigenvalue weighted by Gasteiger charge is -2.30. The van der Waals surface area contributed by atoms with Gasteiger partial charge in [0.2, 0.25) is 5.91 Å². The van der Waals surface area contributed by atoms with Crippen LogP contribution in [-0.2, 0) is 11.3 Å². The van der Waals surface area contributed by atoms with Gasteiger partial charge >= 0.3 is 0 Å². The van der Waals surface area contributed by atoms with Crippen molar-refractivity contribution in [3.8, 4) is 0 Å². The zero-order chi connectivity index (χ0) is 13.7. The molecule has 1 aliphatic rings. The van der Waals surface area contributed by atoms with Crippen molar-refractivity contribution in [2.45, 2.75) is 38.8 Å². The number of carbonyl (C=O) groups is 1. The van der Waals surface area contributed by atoms with Gasteiger partial charge < -0.3 is 16.0 Å². The molecule has 0 aromatic heterocycles. The summed E-state index contributed by atoms with van der Waals surface area (Å²) in [6, 6.07) is 7.83. The first-order valence-corrected chi connectivity index (χ1v) is 7.04. The molecule has 3 N–H and O–H groups in total. The van der Waals surface area contributed by atoms with Crippen molar-refractivity contribution in [1.29, 1.82) is 0 Å². The fourth-order valence-corrected chi connectivity index (χ4v) is 2.45. The minimum Gasteiger partial charge on any atom is -0.371 e. The second kappa shape index (κ2) is 8.12. The maximum absolute atomic E-state index is 11.6. The van der Waals surface area contributed by atoms with Gasteiger partial charge in [-0.1, -0.05) is 18.2 Å². The molecule has 1 fully saturated rings. The number of benzene rings is 1. The summed E-state index contributed by atoms with van der Waals surface area (Å²) in [7, 11) is 0. The van der Waals surface area contributed by atoms with E-state index in [1.54, 1.807) is 6.92 Å². The van der Waals surface area contributed by atoms with Crippen molar-refractivity contribution < 1.29 is 4.79 Å². The smallest absolute Gasteiger partial charge is 0.236 e. The lowest BCUT2D eigenvalue weighted by atomic mass is 10.1. The molecule has 112 valence electrons. The molecule has 1 saturated heterocycles. The molecular formula is C15H24ClN3O. The zero-order valence-corrected chi connectivity index (χ0v) is 12.8. The highest BCUT2D eigenvalue weighted by Crippen LogP contribution is 2.23. The number of halogens is 1. The molecule has 4 nitrogen and oxygen atoms in total. The van der Waals surface area contributed by atoms with Gasteiger partial charge in [0.25, 0.3) is 0 Å². The number of anilines is 1. The summed E-state index contributed by atoms with van der Waals surface area (Å²) in [6.07, 6.45) is 3.82. The number of carbonyl (C=O) groups excluding carboxylic acids is 1. The predicted octanol–water partition coefficient (Wildman–Crippen LogP) is 2.06. The molecule has 2 rings (SSSR count). The molecule has 1 atom stereocenters. The first kappa shape index (κ1) is 16.8. The lowest BCUT2D eigenvalue weighted by Crippen LogP contribution is -2.38. The van der Waals surface area contributed by atoms with Gasteiger partial charge in [0, 0.05) is 25.3 Å². The molecule has 0 unspecified atom stereocenters. The van der Waals surface area contributed by atoms with Gasteiger partial charge in [0.1, 0.15) is 0 Å². The molecule has 0 spiro atoms. The summed E-state index contributed by atoms with van der Waals surface area (Å²) < 4.78 is 0. The molecule has 0 saturated carbocycles. The van der Waals surface area contributed by atoms with Crippen molar-refractivity contribution in [3.63, 3.8) is 0 Å². The maximum Gasteiger partial charge on any atom is 0.236 e. The number of nitrogens with two attached hydrogens (primary N) is 1.